The summed E-state index contributed by atoms with van der Waals surface area (Å²) in [7, 11) is 0. The van der Waals surface area contributed by atoms with Crippen LogP contribution < -0.4 is 5.32 Å². The number of hydrogen-bond acceptors (Lipinski definition) is 5. The zero-order chi connectivity index (χ0) is 17.0. The summed E-state index contributed by atoms with van der Waals surface area (Å²) in [5.74, 6) is -0.932. The second-order valence-corrected chi connectivity index (χ2v) is 6.97. The molecule has 2 N–H and O–H groups in total. The SMILES string of the molecule is CCCNC1COC2(CCN(Cc3ccc(C(=O)O)cn3)CC2)C1. The van der Waals surface area contributed by atoms with Gasteiger partial charge >= 0.3 is 5.97 Å². The lowest BCUT2D eigenvalue weighted by Gasteiger charge is -2.38. The second-order valence-electron chi connectivity index (χ2n) is 6.97. The number of carboxylic acid groups (broad SMARTS) is 1. The van der Waals surface area contributed by atoms with Gasteiger partial charge in [0.25, 0.3) is 0 Å². The van der Waals surface area contributed by atoms with Crippen LogP contribution in [-0.2, 0) is 11.3 Å². The third-order valence-electron chi connectivity index (χ3n) is 5.12. The van der Waals surface area contributed by atoms with Crippen molar-refractivity contribution in [2.24, 2.45) is 0 Å². The van der Waals surface area contributed by atoms with Gasteiger partial charge in [0.1, 0.15) is 0 Å². The molecule has 1 unspecified atom stereocenters. The zero-order valence-corrected chi connectivity index (χ0v) is 14.3. The Morgan fingerprint density at radius 1 is 1.46 bits per heavy atom. The number of likely N-dealkylation sites (tertiary alicyclic amines) is 1. The van der Waals surface area contributed by atoms with Crippen LogP contribution in [0.25, 0.3) is 0 Å². The summed E-state index contributed by atoms with van der Waals surface area (Å²) in [6.45, 7) is 6.86. The highest BCUT2D eigenvalue weighted by atomic mass is 16.5. The molecule has 132 valence electrons. The number of pyridine rings is 1. The van der Waals surface area contributed by atoms with Crippen molar-refractivity contribution >= 4 is 5.97 Å². The third-order valence-corrected chi connectivity index (χ3v) is 5.12. The molecule has 3 rings (SSSR count). The standard InChI is InChI=1S/C18H27N3O3/c1-2-7-19-16-10-18(24-13-16)5-8-21(9-6-18)12-15-4-3-14(11-20-15)17(22)23/h3-4,11,16,19H,2,5-10,12-13H2,1H3,(H,22,23). The molecular weight excluding hydrogens is 306 g/mol. The molecule has 1 aromatic rings. The van der Waals surface area contributed by atoms with E-state index in [1.54, 1.807) is 6.07 Å². The Morgan fingerprint density at radius 3 is 2.88 bits per heavy atom. The molecule has 0 aromatic carbocycles. The van der Waals surface area contributed by atoms with Crippen molar-refractivity contribution in [1.29, 1.82) is 0 Å². The molecule has 2 saturated heterocycles. The fraction of sp³-hybridized carbons (Fsp3) is 0.667. The van der Waals surface area contributed by atoms with E-state index >= 15 is 0 Å². The number of carboxylic acids is 1. The molecule has 0 aliphatic carbocycles. The molecular formula is C18H27N3O3. The fourth-order valence-corrected chi connectivity index (χ4v) is 3.66. The number of aromatic nitrogens is 1. The van der Waals surface area contributed by atoms with E-state index in [1.165, 1.54) is 6.20 Å². The Morgan fingerprint density at radius 2 is 2.25 bits per heavy atom. The van der Waals surface area contributed by atoms with Crippen molar-refractivity contribution in [2.75, 3.05) is 26.2 Å². The molecule has 3 heterocycles. The molecule has 0 amide bonds. The van der Waals surface area contributed by atoms with Gasteiger partial charge in [-0.1, -0.05) is 6.92 Å². The molecule has 0 saturated carbocycles. The monoisotopic (exact) mass is 333 g/mol. The summed E-state index contributed by atoms with van der Waals surface area (Å²) in [6.07, 6.45) is 5.83. The molecule has 2 aliphatic rings. The number of piperidine rings is 1. The van der Waals surface area contributed by atoms with Crippen LogP contribution in [0.2, 0.25) is 0 Å². The maximum atomic E-state index is 10.9. The Labute approximate surface area is 143 Å². The minimum absolute atomic E-state index is 0.0580. The fourth-order valence-electron chi connectivity index (χ4n) is 3.66. The average molecular weight is 333 g/mol. The largest absolute Gasteiger partial charge is 0.478 e. The van der Waals surface area contributed by atoms with Gasteiger partial charge in [0.15, 0.2) is 0 Å². The highest BCUT2D eigenvalue weighted by Gasteiger charge is 2.42. The first kappa shape index (κ1) is 17.3. The third kappa shape index (κ3) is 4.12. The predicted molar refractivity (Wildman–Crippen MR) is 91.1 cm³/mol. The average Bonchev–Trinajstić information content (AvgIpc) is 2.99. The molecule has 1 aromatic heterocycles. The number of rotatable bonds is 6. The smallest absolute Gasteiger partial charge is 0.337 e. The first-order valence-corrected chi connectivity index (χ1v) is 8.88. The molecule has 1 spiro atoms. The molecule has 1 atom stereocenters. The van der Waals surface area contributed by atoms with E-state index in [1.807, 2.05) is 6.07 Å². The summed E-state index contributed by atoms with van der Waals surface area (Å²) in [5, 5.41) is 12.5. The van der Waals surface area contributed by atoms with Crippen molar-refractivity contribution in [3.05, 3.63) is 29.6 Å². The number of hydrogen-bond donors (Lipinski definition) is 2. The lowest BCUT2D eigenvalue weighted by molar-refractivity contribution is -0.0451. The predicted octanol–water partition coefficient (Wildman–Crippen LogP) is 1.90. The summed E-state index contributed by atoms with van der Waals surface area (Å²) in [5.41, 5.74) is 1.22. The summed E-state index contributed by atoms with van der Waals surface area (Å²) >= 11 is 0. The van der Waals surface area contributed by atoms with E-state index in [4.69, 9.17) is 9.84 Å². The molecule has 24 heavy (non-hydrogen) atoms. The van der Waals surface area contributed by atoms with E-state index in [2.05, 4.69) is 22.1 Å². The van der Waals surface area contributed by atoms with Gasteiger partial charge in [-0.3, -0.25) is 9.88 Å². The molecule has 0 bridgehead atoms. The van der Waals surface area contributed by atoms with E-state index in [-0.39, 0.29) is 11.2 Å². The molecule has 6 nitrogen and oxygen atoms in total. The highest BCUT2D eigenvalue weighted by Crippen LogP contribution is 2.36. The second kappa shape index (κ2) is 7.59. The lowest BCUT2D eigenvalue weighted by Crippen LogP contribution is -2.44. The van der Waals surface area contributed by atoms with Gasteiger partial charge in [0.05, 0.1) is 23.5 Å². The van der Waals surface area contributed by atoms with Crippen LogP contribution in [0.5, 0.6) is 0 Å². The minimum Gasteiger partial charge on any atom is -0.478 e. The maximum absolute atomic E-state index is 10.9. The van der Waals surface area contributed by atoms with Crippen LogP contribution in [-0.4, -0.2) is 58.8 Å². The zero-order valence-electron chi connectivity index (χ0n) is 14.3. The van der Waals surface area contributed by atoms with Crippen molar-refractivity contribution in [1.82, 2.24) is 15.2 Å². The van der Waals surface area contributed by atoms with Crippen LogP contribution in [0, 0.1) is 0 Å². The lowest BCUT2D eigenvalue weighted by atomic mass is 9.87. The van der Waals surface area contributed by atoms with Gasteiger partial charge in [-0.25, -0.2) is 4.79 Å². The molecule has 6 heteroatoms. The first-order chi connectivity index (χ1) is 11.6. The van der Waals surface area contributed by atoms with Crippen molar-refractivity contribution in [2.45, 2.75) is 50.8 Å². The normalized spacial score (nSPS) is 23.6. The van der Waals surface area contributed by atoms with Crippen LogP contribution in [0.1, 0.15) is 48.7 Å². The van der Waals surface area contributed by atoms with Crippen LogP contribution >= 0.6 is 0 Å². The van der Waals surface area contributed by atoms with E-state index in [0.717, 1.165) is 64.2 Å². The van der Waals surface area contributed by atoms with E-state index in [9.17, 15) is 4.79 Å². The van der Waals surface area contributed by atoms with E-state index in [0.29, 0.717) is 6.04 Å². The van der Waals surface area contributed by atoms with Crippen LogP contribution in [0.3, 0.4) is 0 Å². The van der Waals surface area contributed by atoms with Gasteiger partial charge in [0, 0.05) is 31.9 Å². The Kier molecular flexibility index (Phi) is 5.48. The van der Waals surface area contributed by atoms with Crippen molar-refractivity contribution < 1.29 is 14.6 Å². The number of carbonyl (C=O) groups is 1. The van der Waals surface area contributed by atoms with Crippen LogP contribution in [0.4, 0.5) is 0 Å². The van der Waals surface area contributed by atoms with Crippen molar-refractivity contribution in [3.8, 4) is 0 Å². The first-order valence-electron chi connectivity index (χ1n) is 8.88. The van der Waals surface area contributed by atoms with E-state index < -0.39 is 5.97 Å². The maximum Gasteiger partial charge on any atom is 0.337 e. The molecule has 0 radical (unpaired) electrons. The number of aromatic carboxylic acids is 1. The summed E-state index contributed by atoms with van der Waals surface area (Å²) in [4.78, 5) is 17.5. The molecule has 2 fully saturated rings. The number of ether oxygens (including phenoxy) is 1. The van der Waals surface area contributed by atoms with Gasteiger partial charge in [-0.05, 0) is 44.4 Å². The Bertz CT molecular complexity index is 553. The van der Waals surface area contributed by atoms with Gasteiger partial charge in [0.2, 0.25) is 0 Å². The Hall–Kier alpha value is -1.50. The van der Waals surface area contributed by atoms with Gasteiger partial charge in [-0.2, -0.15) is 0 Å². The van der Waals surface area contributed by atoms with Gasteiger partial charge in [-0.15, -0.1) is 0 Å². The summed E-state index contributed by atoms with van der Waals surface area (Å²) in [6, 6.07) is 3.94. The Balaban J connectivity index is 1.48. The van der Waals surface area contributed by atoms with Crippen LogP contribution in [0.15, 0.2) is 18.3 Å². The quantitative estimate of drug-likeness (QED) is 0.828. The van der Waals surface area contributed by atoms with Gasteiger partial charge < -0.3 is 15.2 Å². The number of nitrogens with zero attached hydrogens (tertiary/aromatic N) is 2. The topological polar surface area (TPSA) is 74.7 Å². The molecule has 2 aliphatic heterocycles. The summed E-state index contributed by atoms with van der Waals surface area (Å²) < 4.78 is 6.16. The van der Waals surface area contributed by atoms with Crippen molar-refractivity contribution in [3.63, 3.8) is 0 Å². The number of nitrogens with one attached hydrogen (secondary N) is 1. The highest BCUT2D eigenvalue weighted by molar-refractivity contribution is 5.87. The minimum atomic E-state index is -0.932.